The van der Waals surface area contributed by atoms with Gasteiger partial charge in [0.25, 0.3) is 0 Å². The summed E-state index contributed by atoms with van der Waals surface area (Å²) in [7, 11) is 1.68. The van der Waals surface area contributed by atoms with Gasteiger partial charge in [0.15, 0.2) is 17.0 Å². The second-order valence-corrected chi connectivity index (χ2v) is 4.79. The van der Waals surface area contributed by atoms with Crippen LogP contribution >= 0.6 is 0 Å². The SMILES string of the molecule is CCn1nnc2c(NCCc3ccccc3OC)ncnc21. The average molecular weight is 298 g/mol. The van der Waals surface area contributed by atoms with Crippen molar-refractivity contribution in [2.45, 2.75) is 19.9 Å². The van der Waals surface area contributed by atoms with Crippen LogP contribution in [0, 0.1) is 0 Å². The molecule has 3 rings (SSSR count). The Bertz CT molecular complexity index is 770. The van der Waals surface area contributed by atoms with E-state index in [9.17, 15) is 0 Å². The van der Waals surface area contributed by atoms with Gasteiger partial charge in [0, 0.05) is 13.1 Å². The number of aryl methyl sites for hydroxylation is 1. The third-order valence-corrected chi connectivity index (χ3v) is 3.48. The number of aromatic nitrogens is 5. The van der Waals surface area contributed by atoms with Crippen LogP contribution in [0.5, 0.6) is 5.75 Å². The highest BCUT2D eigenvalue weighted by atomic mass is 16.5. The number of rotatable bonds is 6. The number of fused-ring (bicyclic) bond motifs is 1. The highest BCUT2D eigenvalue weighted by Crippen LogP contribution is 2.19. The van der Waals surface area contributed by atoms with Crippen LogP contribution in [0.1, 0.15) is 12.5 Å². The molecule has 0 fully saturated rings. The number of hydrogen-bond donors (Lipinski definition) is 1. The van der Waals surface area contributed by atoms with Crippen molar-refractivity contribution in [1.29, 1.82) is 0 Å². The summed E-state index contributed by atoms with van der Waals surface area (Å²) in [5.41, 5.74) is 2.60. The van der Waals surface area contributed by atoms with Crippen LogP contribution in [0.15, 0.2) is 30.6 Å². The number of benzene rings is 1. The first kappa shape index (κ1) is 14.2. The minimum atomic E-state index is 0.698. The van der Waals surface area contributed by atoms with Gasteiger partial charge in [-0.1, -0.05) is 23.4 Å². The third kappa shape index (κ3) is 2.69. The van der Waals surface area contributed by atoms with Crippen molar-refractivity contribution < 1.29 is 4.74 Å². The number of anilines is 1. The maximum absolute atomic E-state index is 5.36. The number of para-hydroxylation sites is 1. The fraction of sp³-hybridized carbons (Fsp3) is 0.333. The van der Waals surface area contributed by atoms with Gasteiger partial charge in [-0.05, 0) is 25.0 Å². The number of ether oxygens (including phenoxy) is 1. The highest BCUT2D eigenvalue weighted by Gasteiger charge is 2.10. The average Bonchev–Trinajstić information content (AvgIpc) is 2.99. The highest BCUT2D eigenvalue weighted by molar-refractivity contribution is 5.81. The minimum Gasteiger partial charge on any atom is -0.496 e. The molecule has 114 valence electrons. The molecule has 7 nitrogen and oxygen atoms in total. The molecule has 22 heavy (non-hydrogen) atoms. The molecule has 0 atom stereocenters. The summed E-state index contributed by atoms with van der Waals surface area (Å²) in [6.07, 6.45) is 2.36. The van der Waals surface area contributed by atoms with E-state index in [1.807, 2.05) is 25.1 Å². The summed E-state index contributed by atoms with van der Waals surface area (Å²) in [4.78, 5) is 8.49. The van der Waals surface area contributed by atoms with E-state index in [2.05, 4.69) is 31.7 Å². The molecule has 0 aliphatic heterocycles. The van der Waals surface area contributed by atoms with Gasteiger partial charge in [0.05, 0.1) is 7.11 Å². The fourth-order valence-electron chi connectivity index (χ4n) is 2.36. The van der Waals surface area contributed by atoms with Gasteiger partial charge in [0.1, 0.15) is 12.1 Å². The molecular formula is C15H18N6O. The van der Waals surface area contributed by atoms with E-state index < -0.39 is 0 Å². The van der Waals surface area contributed by atoms with Crippen LogP contribution < -0.4 is 10.1 Å². The number of hydrogen-bond acceptors (Lipinski definition) is 6. The van der Waals surface area contributed by atoms with Crippen LogP contribution in [0.3, 0.4) is 0 Å². The predicted molar refractivity (Wildman–Crippen MR) is 84.0 cm³/mol. The molecule has 0 aliphatic carbocycles. The Morgan fingerprint density at radius 1 is 1.23 bits per heavy atom. The lowest BCUT2D eigenvalue weighted by Gasteiger charge is -2.09. The Morgan fingerprint density at radius 2 is 2.09 bits per heavy atom. The lowest BCUT2D eigenvalue weighted by Crippen LogP contribution is -2.08. The van der Waals surface area contributed by atoms with Crippen LogP contribution in [-0.4, -0.2) is 38.6 Å². The van der Waals surface area contributed by atoms with E-state index in [4.69, 9.17) is 4.74 Å². The normalized spacial score (nSPS) is 10.8. The van der Waals surface area contributed by atoms with E-state index in [1.54, 1.807) is 11.8 Å². The van der Waals surface area contributed by atoms with E-state index in [0.29, 0.717) is 11.3 Å². The summed E-state index contributed by atoms with van der Waals surface area (Å²) in [6, 6.07) is 7.99. The van der Waals surface area contributed by atoms with Crippen molar-refractivity contribution in [2.75, 3.05) is 19.0 Å². The van der Waals surface area contributed by atoms with Gasteiger partial charge in [-0.15, -0.1) is 5.10 Å². The van der Waals surface area contributed by atoms with E-state index in [0.717, 1.165) is 36.5 Å². The molecular weight excluding hydrogens is 280 g/mol. The van der Waals surface area contributed by atoms with E-state index >= 15 is 0 Å². The lowest BCUT2D eigenvalue weighted by atomic mass is 10.1. The van der Waals surface area contributed by atoms with Gasteiger partial charge in [-0.25, -0.2) is 14.6 Å². The van der Waals surface area contributed by atoms with Gasteiger partial charge in [-0.2, -0.15) is 0 Å². The van der Waals surface area contributed by atoms with Crippen LogP contribution in [0.25, 0.3) is 11.2 Å². The first-order valence-electron chi connectivity index (χ1n) is 7.23. The standard InChI is InChI=1S/C15H18N6O/c1-3-21-15-13(19-20-21)14(17-10-18-15)16-9-8-11-6-4-5-7-12(11)22-2/h4-7,10H,3,8-9H2,1-2H3,(H,16,17,18). The molecule has 0 radical (unpaired) electrons. The smallest absolute Gasteiger partial charge is 0.183 e. The first-order chi connectivity index (χ1) is 10.8. The van der Waals surface area contributed by atoms with Crippen molar-refractivity contribution >= 4 is 17.0 Å². The number of nitrogens with one attached hydrogen (secondary N) is 1. The summed E-state index contributed by atoms with van der Waals surface area (Å²) in [5.74, 6) is 1.61. The largest absolute Gasteiger partial charge is 0.496 e. The molecule has 0 saturated carbocycles. The molecule has 7 heteroatoms. The summed E-state index contributed by atoms with van der Waals surface area (Å²) in [5, 5.41) is 11.5. The Kier molecular flexibility index (Phi) is 4.13. The van der Waals surface area contributed by atoms with Crippen molar-refractivity contribution in [3.05, 3.63) is 36.2 Å². The summed E-state index contributed by atoms with van der Waals surface area (Å²) in [6.45, 7) is 3.46. The molecule has 2 aromatic heterocycles. The Labute approximate surface area is 128 Å². The van der Waals surface area contributed by atoms with Crippen molar-refractivity contribution in [3.8, 4) is 5.75 Å². The molecule has 3 aromatic rings. The van der Waals surface area contributed by atoms with Gasteiger partial charge < -0.3 is 10.1 Å². The molecule has 2 heterocycles. The summed E-state index contributed by atoms with van der Waals surface area (Å²) < 4.78 is 7.11. The van der Waals surface area contributed by atoms with Crippen molar-refractivity contribution in [1.82, 2.24) is 25.0 Å². The van der Waals surface area contributed by atoms with Gasteiger partial charge >= 0.3 is 0 Å². The minimum absolute atomic E-state index is 0.698. The Morgan fingerprint density at radius 3 is 2.91 bits per heavy atom. The molecule has 1 N–H and O–H groups in total. The molecule has 0 bridgehead atoms. The maximum atomic E-state index is 5.36. The zero-order valence-electron chi connectivity index (χ0n) is 12.7. The topological polar surface area (TPSA) is 77.8 Å². The molecule has 0 saturated heterocycles. The van der Waals surface area contributed by atoms with E-state index in [1.165, 1.54) is 6.33 Å². The zero-order chi connectivity index (χ0) is 15.4. The maximum Gasteiger partial charge on any atom is 0.183 e. The molecule has 0 unspecified atom stereocenters. The van der Waals surface area contributed by atoms with Crippen molar-refractivity contribution in [3.63, 3.8) is 0 Å². The van der Waals surface area contributed by atoms with Gasteiger partial charge in [-0.3, -0.25) is 0 Å². The van der Waals surface area contributed by atoms with Crippen LogP contribution in [0.2, 0.25) is 0 Å². The molecule has 0 spiro atoms. The monoisotopic (exact) mass is 298 g/mol. The van der Waals surface area contributed by atoms with E-state index in [-0.39, 0.29) is 0 Å². The van der Waals surface area contributed by atoms with Gasteiger partial charge in [0.2, 0.25) is 0 Å². The molecule has 0 aliphatic rings. The quantitative estimate of drug-likeness (QED) is 0.749. The van der Waals surface area contributed by atoms with Crippen molar-refractivity contribution in [2.24, 2.45) is 0 Å². The second-order valence-electron chi connectivity index (χ2n) is 4.79. The first-order valence-corrected chi connectivity index (χ1v) is 7.23. The second kappa shape index (κ2) is 6.38. The van der Waals surface area contributed by atoms with Crippen LogP contribution in [0.4, 0.5) is 5.82 Å². The predicted octanol–water partition coefficient (Wildman–Crippen LogP) is 1.90. The number of methoxy groups -OCH3 is 1. The Hall–Kier alpha value is -2.70. The fourth-order valence-corrected chi connectivity index (χ4v) is 2.36. The lowest BCUT2D eigenvalue weighted by molar-refractivity contribution is 0.410. The number of nitrogens with zero attached hydrogens (tertiary/aromatic N) is 5. The third-order valence-electron chi connectivity index (χ3n) is 3.48. The zero-order valence-corrected chi connectivity index (χ0v) is 12.7. The van der Waals surface area contributed by atoms with Crippen LogP contribution in [-0.2, 0) is 13.0 Å². The summed E-state index contributed by atoms with van der Waals surface area (Å²) >= 11 is 0. The molecule has 0 amide bonds. The Balaban J connectivity index is 1.73. The molecule has 1 aromatic carbocycles.